The third kappa shape index (κ3) is 2.82. The fourth-order valence-electron chi connectivity index (χ4n) is 6.44. The molecule has 0 heteroatoms. The second-order valence-corrected chi connectivity index (χ2v) is 10.1. The normalized spacial score (nSPS) is 13.5. The van der Waals surface area contributed by atoms with Gasteiger partial charge in [-0.3, -0.25) is 0 Å². The number of hydrogen-bond acceptors (Lipinski definition) is 0. The molecule has 168 valence electrons. The highest BCUT2D eigenvalue weighted by Crippen LogP contribution is 2.44. The van der Waals surface area contributed by atoms with Crippen LogP contribution < -0.4 is 0 Å². The van der Waals surface area contributed by atoms with Crippen LogP contribution in [-0.4, -0.2) is 0 Å². The van der Waals surface area contributed by atoms with Crippen LogP contribution >= 0.6 is 0 Å². The minimum absolute atomic E-state index is 1.01. The van der Waals surface area contributed by atoms with Crippen molar-refractivity contribution in [1.82, 2.24) is 0 Å². The molecule has 0 atom stereocenters. The summed E-state index contributed by atoms with van der Waals surface area (Å²) in [4.78, 5) is 0. The van der Waals surface area contributed by atoms with Gasteiger partial charge < -0.3 is 0 Å². The Hall–Kier alpha value is -4.42. The van der Waals surface area contributed by atoms with Crippen molar-refractivity contribution >= 4 is 27.1 Å². The van der Waals surface area contributed by atoms with Crippen molar-refractivity contribution < 1.29 is 0 Å². The van der Waals surface area contributed by atoms with Gasteiger partial charge in [0.1, 0.15) is 0 Å². The molecule has 0 amide bonds. The van der Waals surface area contributed by atoms with E-state index in [1.54, 1.807) is 0 Å². The predicted octanol–water partition coefficient (Wildman–Crippen LogP) is 9.22. The minimum Gasteiger partial charge on any atom is -0.0716 e. The highest BCUT2D eigenvalue weighted by molar-refractivity contribution is 6.07. The van der Waals surface area contributed by atoms with Gasteiger partial charge in [0.25, 0.3) is 0 Å². The topological polar surface area (TPSA) is 0 Å². The van der Waals surface area contributed by atoms with E-state index in [0.29, 0.717) is 0 Å². The molecule has 0 bridgehead atoms. The van der Waals surface area contributed by atoms with Crippen LogP contribution in [0.5, 0.6) is 0 Å². The summed E-state index contributed by atoms with van der Waals surface area (Å²) in [6.07, 6.45) is 4.42. The minimum atomic E-state index is 1.01. The van der Waals surface area contributed by atoms with Gasteiger partial charge in [-0.05, 0) is 96.1 Å². The average Bonchev–Trinajstić information content (AvgIpc) is 3.54. The SMILES string of the molecule is C1=C(c2ccc(-c3ccc4c(c3)-c3c(ccc5ccccc35)C4)c3ccccc23)c2ccccc2C1. The van der Waals surface area contributed by atoms with Crippen LogP contribution in [0.4, 0.5) is 0 Å². The van der Waals surface area contributed by atoms with E-state index in [4.69, 9.17) is 0 Å². The Morgan fingerprint density at radius 1 is 0.444 bits per heavy atom. The van der Waals surface area contributed by atoms with E-state index in [1.165, 1.54) is 77.2 Å². The Morgan fingerprint density at radius 3 is 2.08 bits per heavy atom. The largest absolute Gasteiger partial charge is 0.0716 e. The number of hydrogen-bond donors (Lipinski definition) is 0. The lowest BCUT2D eigenvalue weighted by Gasteiger charge is -2.15. The summed E-state index contributed by atoms with van der Waals surface area (Å²) in [5.74, 6) is 0. The van der Waals surface area contributed by atoms with E-state index in [2.05, 4.69) is 121 Å². The van der Waals surface area contributed by atoms with Crippen LogP contribution in [0.1, 0.15) is 27.8 Å². The van der Waals surface area contributed by atoms with Crippen molar-refractivity contribution in [1.29, 1.82) is 0 Å². The van der Waals surface area contributed by atoms with Gasteiger partial charge in [0.05, 0.1) is 0 Å². The van der Waals surface area contributed by atoms with E-state index in [0.717, 1.165) is 12.8 Å². The molecule has 2 aliphatic carbocycles. The Kier molecular flexibility index (Phi) is 4.15. The molecule has 0 saturated heterocycles. The zero-order valence-electron chi connectivity index (χ0n) is 20.0. The van der Waals surface area contributed by atoms with Gasteiger partial charge in [0, 0.05) is 0 Å². The zero-order chi connectivity index (χ0) is 23.6. The highest BCUT2D eigenvalue weighted by Gasteiger charge is 2.22. The molecule has 0 radical (unpaired) electrons. The highest BCUT2D eigenvalue weighted by atomic mass is 14.3. The van der Waals surface area contributed by atoms with Crippen LogP contribution in [0.2, 0.25) is 0 Å². The lowest BCUT2D eigenvalue weighted by Crippen LogP contribution is -1.91. The summed E-state index contributed by atoms with van der Waals surface area (Å²) in [5.41, 5.74) is 13.8. The van der Waals surface area contributed by atoms with Crippen molar-refractivity contribution in [3.8, 4) is 22.3 Å². The second kappa shape index (κ2) is 7.54. The standard InChI is InChI=1S/C36H24/c1-3-9-28-23(7-1)17-18-33(28)34-20-19-29(31-11-5-6-12-32(31)34)26-15-14-25-21-27-16-13-24-8-2-4-10-30(24)36(27)35(25)22-26/h1-16,18-20,22H,17,21H2. The summed E-state index contributed by atoms with van der Waals surface area (Å²) in [6, 6.07) is 42.8. The predicted molar refractivity (Wildman–Crippen MR) is 152 cm³/mol. The molecule has 36 heavy (non-hydrogen) atoms. The zero-order valence-corrected chi connectivity index (χ0v) is 20.0. The quantitative estimate of drug-likeness (QED) is 0.243. The fraction of sp³-hybridized carbons (Fsp3) is 0.0556. The molecule has 0 saturated carbocycles. The van der Waals surface area contributed by atoms with Crippen molar-refractivity contribution in [2.24, 2.45) is 0 Å². The number of allylic oxidation sites excluding steroid dienone is 1. The van der Waals surface area contributed by atoms with Crippen molar-refractivity contribution in [3.63, 3.8) is 0 Å². The molecule has 0 heterocycles. The summed E-state index contributed by atoms with van der Waals surface area (Å²) >= 11 is 0. The smallest absolute Gasteiger partial charge is 0.00132 e. The molecule has 0 spiro atoms. The molecule has 0 aromatic heterocycles. The lowest BCUT2D eigenvalue weighted by molar-refractivity contribution is 1.27. The van der Waals surface area contributed by atoms with Crippen LogP contribution in [0.3, 0.4) is 0 Å². The van der Waals surface area contributed by atoms with Gasteiger partial charge in [-0.25, -0.2) is 0 Å². The lowest BCUT2D eigenvalue weighted by atomic mass is 9.89. The molecule has 0 aliphatic heterocycles. The van der Waals surface area contributed by atoms with E-state index >= 15 is 0 Å². The first-order valence-electron chi connectivity index (χ1n) is 12.8. The molecule has 6 aromatic carbocycles. The van der Waals surface area contributed by atoms with Crippen molar-refractivity contribution in [2.75, 3.05) is 0 Å². The van der Waals surface area contributed by atoms with Gasteiger partial charge in [-0.1, -0.05) is 115 Å². The third-order valence-electron chi connectivity index (χ3n) is 8.13. The van der Waals surface area contributed by atoms with Gasteiger partial charge in [0.15, 0.2) is 0 Å². The van der Waals surface area contributed by atoms with E-state index in [1.807, 2.05) is 0 Å². The molecule has 8 rings (SSSR count). The van der Waals surface area contributed by atoms with Crippen LogP contribution in [0.15, 0.2) is 121 Å². The first-order valence-corrected chi connectivity index (χ1v) is 12.8. The maximum Gasteiger partial charge on any atom is -0.00132 e. The van der Waals surface area contributed by atoms with Gasteiger partial charge in [-0.2, -0.15) is 0 Å². The summed E-state index contributed by atoms with van der Waals surface area (Å²) < 4.78 is 0. The van der Waals surface area contributed by atoms with E-state index in [-0.39, 0.29) is 0 Å². The first kappa shape index (κ1) is 19.8. The van der Waals surface area contributed by atoms with Crippen LogP contribution in [0, 0.1) is 0 Å². The molecule has 0 fully saturated rings. The molecular formula is C36H24. The van der Waals surface area contributed by atoms with Crippen LogP contribution in [0.25, 0.3) is 49.4 Å². The molecule has 0 N–H and O–H groups in total. The maximum atomic E-state index is 2.43. The average molecular weight is 457 g/mol. The Bertz CT molecular complexity index is 1880. The molecule has 0 unspecified atom stereocenters. The maximum absolute atomic E-state index is 2.43. The summed E-state index contributed by atoms with van der Waals surface area (Å²) in [7, 11) is 0. The Labute approximate surface area is 211 Å². The molecular weight excluding hydrogens is 432 g/mol. The van der Waals surface area contributed by atoms with Crippen molar-refractivity contribution in [2.45, 2.75) is 12.8 Å². The third-order valence-corrected chi connectivity index (χ3v) is 8.13. The summed E-state index contributed by atoms with van der Waals surface area (Å²) in [6.45, 7) is 0. The van der Waals surface area contributed by atoms with E-state index < -0.39 is 0 Å². The first-order chi connectivity index (χ1) is 17.8. The van der Waals surface area contributed by atoms with Gasteiger partial charge in [0.2, 0.25) is 0 Å². The molecule has 2 aliphatic rings. The van der Waals surface area contributed by atoms with E-state index in [9.17, 15) is 0 Å². The van der Waals surface area contributed by atoms with Gasteiger partial charge >= 0.3 is 0 Å². The number of fused-ring (bicyclic) bond motifs is 7. The molecule has 0 nitrogen and oxygen atoms in total. The number of rotatable bonds is 2. The Morgan fingerprint density at radius 2 is 1.17 bits per heavy atom. The monoisotopic (exact) mass is 456 g/mol. The number of benzene rings is 6. The Balaban J connectivity index is 1.32. The fourth-order valence-corrected chi connectivity index (χ4v) is 6.44. The van der Waals surface area contributed by atoms with Gasteiger partial charge in [-0.15, -0.1) is 0 Å². The van der Waals surface area contributed by atoms with Crippen molar-refractivity contribution in [3.05, 3.63) is 149 Å². The second-order valence-electron chi connectivity index (χ2n) is 10.1. The molecule has 6 aromatic rings. The summed E-state index contributed by atoms with van der Waals surface area (Å²) in [5, 5.41) is 5.31. The van der Waals surface area contributed by atoms with Crippen LogP contribution in [-0.2, 0) is 12.8 Å².